The van der Waals surface area contributed by atoms with Gasteiger partial charge in [0.2, 0.25) is 5.91 Å². The van der Waals surface area contributed by atoms with E-state index in [2.05, 4.69) is 34.0 Å². The molecule has 1 saturated heterocycles. The third-order valence-corrected chi connectivity index (χ3v) is 6.64. The zero-order valence-corrected chi connectivity index (χ0v) is 16.9. The van der Waals surface area contributed by atoms with Crippen LogP contribution in [0.25, 0.3) is 10.2 Å². The topological polar surface area (TPSA) is 58.1 Å². The monoisotopic (exact) mass is 398 g/mol. The molecular weight excluding hydrogens is 375 g/mol. The summed E-state index contributed by atoms with van der Waals surface area (Å²) < 4.78 is 13.7. The lowest BCUT2D eigenvalue weighted by atomic mass is 9.95. The van der Waals surface area contributed by atoms with Gasteiger partial charge in [-0.3, -0.25) is 4.79 Å². The van der Waals surface area contributed by atoms with E-state index in [4.69, 9.17) is 0 Å². The largest absolute Gasteiger partial charge is 0.356 e. The van der Waals surface area contributed by atoms with Crippen LogP contribution in [0.1, 0.15) is 28.8 Å². The summed E-state index contributed by atoms with van der Waals surface area (Å²) in [5, 5.41) is 4.02. The summed E-state index contributed by atoms with van der Waals surface area (Å²) in [6.45, 7) is 6.00. The number of benzene rings is 1. The number of carbonyl (C=O) groups is 1. The molecule has 0 atom stereocenters. The van der Waals surface area contributed by atoms with Crippen LogP contribution in [-0.2, 0) is 11.3 Å². The number of rotatable bonds is 4. The second-order valence-corrected chi connectivity index (χ2v) is 8.43. The van der Waals surface area contributed by atoms with Crippen molar-refractivity contribution < 1.29 is 9.18 Å². The van der Waals surface area contributed by atoms with Crippen molar-refractivity contribution in [1.29, 1.82) is 0 Å². The number of anilines is 1. The van der Waals surface area contributed by atoms with Gasteiger partial charge < -0.3 is 10.2 Å². The van der Waals surface area contributed by atoms with Gasteiger partial charge in [-0.1, -0.05) is 18.2 Å². The highest BCUT2D eigenvalue weighted by atomic mass is 32.1. The van der Waals surface area contributed by atoms with E-state index in [1.165, 1.54) is 16.5 Å². The first-order valence-corrected chi connectivity index (χ1v) is 10.3. The highest BCUT2D eigenvalue weighted by Gasteiger charge is 2.27. The molecule has 1 N–H and O–H groups in total. The maximum Gasteiger partial charge on any atom is 0.223 e. The Balaban J connectivity index is 1.40. The number of aryl methyl sites for hydroxylation is 2. The fourth-order valence-corrected chi connectivity index (χ4v) is 4.72. The van der Waals surface area contributed by atoms with E-state index in [9.17, 15) is 9.18 Å². The molecule has 3 heterocycles. The summed E-state index contributed by atoms with van der Waals surface area (Å²) in [4.78, 5) is 26.0. The summed E-state index contributed by atoms with van der Waals surface area (Å²) in [5.41, 5.74) is 1.75. The number of nitrogens with one attached hydrogen (secondary N) is 1. The van der Waals surface area contributed by atoms with Crippen LogP contribution < -0.4 is 10.2 Å². The van der Waals surface area contributed by atoms with Gasteiger partial charge in [0.25, 0.3) is 0 Å². The molecule has 1 aromatic carbocycles. The van der Waals surface area contributed by atoms with Crippen molar-refractivity contribution in [2.75, 3.05) is 18.0 Å². The van der Waals surface area contributed by atoms with Crippen LogP contribution in [0.5, 0.6) is 0 Å². The number of amides is 1. The van der Waals surface area contributed by atoms with Gasteiger partial charge in [-0.25, -0.2) is 14.4 Å². The number of thiophene rings is 1. The van der Waals surface area contributed by atoms with Gasteiger partial charge in [0.1, 0.15) is 22.8 Å². The van der Waals surface area contributed by atoms with Gasteiger partial charge in [0, 0.05) is 36.0 Å². The third-order valence-electron chi connectivity index (χ3n) is 5.52. The maximum atomic E-state index is 13.7. The smallest absolute Gasteiger partial charge is 0.223 e. The van der Waals surface area contributed by atoms with Crippen LogP contribution in [-0.4, -0.2) is 29.0 Å². The number of hydrogen-bond acceptors (Lipinski definition) is 5. The number of nitrogens with zero attached hydrogens (tertiary/aromatic N) is 3. The molecule has 4 rings (SSSR count). The Morgan fingerprint density at radius 1 is 1.25 bits per heavy atom. The maximum absolute atomic E-state index is 13.7. The van der Waals surface area contributed by atoms with Gasteiger partial charge in [-0.05, 0) is 38.3 Å². The second kappa shape index (κ2) is 7.83. The Kier molecular flexibility index (Phi) is 5.26. The lowest BCUT2D eigenvalue weighted by Gasteiger charge is -2.32. The summed E-state index contributed by atoms with van der Waals surface area (Å²) in [6, 6.07) is 6.54. The molecule has 1 fully saturated rings. The molecule has 0 radical (unpaired) electrons. The first kappa shape index (κ1) is 18.8. The molecule has 1 aliphatic heterocycles. The SMILES string of the molecule is Cc1sc2ncnc(N3CCC(C(=O)NCc4ccccc4F)CC3)c2c1C. The van der Waals surface area contributed by atoms with Crippen molar-refractivity contribution >= 4 is 33.3 Å². The average Bonchev–Trinajstić information content (AvgIpc) is 3.01. The molecule has 0 aliphatic carbocycles. The first-order chi connectivity index (χ1) is 13.5. The zero-order valence-electron chi connectivity index (χ0n) is 16.0. The van der Waals surface area contributed by atoms with Gasteiger partial charge in [0.15, 0.2) is 0 Å². The number of aromatic nitrogens is 2. The highest BCUT2D eigenvalue weighted by molar-refractivity contribution is 7.18. The van der Waals surface area contributed by atoms with Gasteiger partial charge >= 0.3 is 0 Å². The van der Waals surface area contributed by atoms with Crippen LogP contribution in [0.4, 0.5) is 10.2 Å². The first-order valence-electron chi connectivity index (χ1n) is 9.51. The molecule has 146 valence electrons. The molecule has 0 saturated carbocycles. The Morgan fingerprint density at radius 2 is 2.00 bits per heavy atom. The van der Waals surface area contributed by atoms with Crippen molar-refractivity contribution in [3.8, 4) is 0 Å². The second-order valence-electron chi connectivity index (χ2n) is 7.23. The summed E-state index contributed by atoms with van der Waals surface area (Å²) >= 11 is 1.70. The van der Waals surface area contributed by atoms with Gasteiger partial charge in [-0.15, -0.1) is 11.3 Å². The Labute approximate surface area is 167 Å². The summed E-state index contributed by atoms with van der Waals surface area (Å²) in [5.74, 6) is 0.632. The van der Waals surface area contributed by atoms with Crippen molar-refractivity contribution in [2.45, 2.75) is 33.2 Å². The predicted octanol–water partition coefficient (Wildman–Crippen LogP) is 3.98. The van der Waals surface area contributed by atoms with Crippen molar-refractivity contribution in [1.82, 2.24) is 15.3 Å². The molecule has 7 heteroatoms. The van der Waals surface area contributed by atoms with Crippen LogP contribution in [0.2, 0.25) is 0 Å². The predicted molar refractivity (Wildman–Crippen MR) is 110 cm³/mol. The Hall–Kier alpha value is -2.54. The van der Waals surface area contributed by atoms with E-state index in [1.54, 1.807) is 35.9 Å². The highest BCUT2D eigenvalue weighted by Crippen LogP contribution is 2.35. The number of piperidine rings is 1. The fourth-order valence-electron chi connectivity index (χ4n) is 3.73. The van der Waals surface area contributed by atoms with E-state index in [-0.39, 0.29) is 24.2 Å². The summed E-state index contributed by atoms with van der Waals surface area (Å²) in [6.07, 6.45) is 3.15. The van der Waals surface area contributed by atoms with Crippen LogP contribution in [0.15, 0.2) is 30.6 Å². The molecule has 0 bridgehead atoms. The van der Waals surface area contributed by atoms with Crippen molar-refractivity contribution in [3.63, 3.8) is 0 Å². The normalized spacial score (nSPS) is 15.2. The minimum atomic E-state index is -0.285. The van der Waals surface area contributed by atoms with E-state index in [1.807, 2.05) is 0 Å². The number of carbonyl (C=O) groups excluding carboxylic acids is 1. The van der Waals surface area contributed by atoms with Crippen molar-refractivity contribution in [3.05, 3.63) is 52.4 Å². The molecule has 1 amide bonds. The molecule has 3 aromatic rings. The van der Waals surface area contributed by atoms with Crippen molar-refractivity contribution in [2.24, 2.45) is 5.92 Å². The number of hydrogen-bond donors (Lipinski definition) is 1. The number of fused-ring (bicyclic) bond motifs is 1. The quantitative estimate of drug-likeness (QED) is 0.722. The molecule has 0 spiro atoms. The van der Waals surface area contributed by atoms with E-state index in [0.717, 1.165) is 42.0 Å². The molecule has 5 nitrogen and oxygen atoms in total. The molecule has 0 unspecified atom stereocenters. The Bertz CT molecular complexity index is 1010. The summed E-state index contributed by atoms with van der Waals surface area (Å²) in [7, 11) is 0. The number of halogens is 1. The minimum Gasteiger partial charge on any atom is -0.356 e. The molecular formula is C21H23FN4OS. The van der Waals surface area contributed by atoms with Crippen LogP contribution >= 0.6 is 11.3 Å². The minimum absolute atomic E-state index is 0.00158. The third kappa shape index (κ3) is 3.58. The van der Waals surface area contributed by atoms with Gasteiger partial charge in [-0.2, -0.15) is 0 Å². The average molecular weight is 399 g/mol. The lowest BCUT2D eigenvalue weighted by molar-refractivity contribution is -0.125. The van der Waals surface area contributed by atoms with Gasteiger partial charge in [0.05, 0.1) is 5.39 Å². The fraction of sp³-hybridized carbons (Fsp3) is 0.381. The van der Waals surface area contributed by atoms with Crippen LogP contribution in [0, 0.1) is 25.6 Å². The van der Waals surface area contributed by atoms with E-state index >= 15 is 0 Å². The van der Waals surface area contributed by atoms with E-state index in [0.29, 0.717) is 5.56 Å². The lowest BCUT2D eigenvalue weighted by Crippen LogP contribution is -2.40. The standard InChI is InChI=1S/C21H23FN4OS/c1-13-14(2)28-21-18(13)19(24-12-25-21)26-9-7-15(8-10-26)20(27)23-11-16-5-3-4-6-17(16)22/h3-6,12,15H,7-11H2,1-2H3,(H,23,27). The van der Waals surface area contributed by atoms with Crippen LogP contribution in [0.3, 0.4) is 0 Å². The zero-order chi connectivity index (χ0) is 19.7. The molecule has 2 aromatic heterocycles. The molecule has 1 aliphatic rings. The van der Waals surface area contributed by atoms with E-state index < -0.39 is 0 Å². The molecule has 28 heavy (non-hydrogen) atoms. The Morgan fingerprint density at radius 3 is 2.75 bits per heavy atom.